The van der Waals surface area contributed by atoms with E-state index in [0.29, 0.717) is 0 Å². The number of hydrogen-bond donors (Lipinski definition) is 2. The van der Waals surface area contributed by atoms with Crippen LogP contribution in [0.5, 0.6) is 0 Å². The van der Waals surface area contributed by atoms with Crippen LogP contribution in [0.15, 0.2) is 18.3 Å². The summed E-state index contributed by atoms with van der Waals surface area (Å²) in [5.41, 5.74) is 0. The van der Waals surface area contributed by atoms with Gasteiger partial charge >= 0.3 is 6.09 Å². The number of amides is 1. The molecule has 0 saturated heterocycles. The summed E-state index contributed by atoms with van der Waals surface area (Å²) in [6, 6.07) is 2.36. The van der Waals surface area contributed by atoms with Crippen LogP contribution in [0.2, 0.25) is 0 Å². The average molecular weight is 156 g/mol. The molecule has 4 nitrogen and oxygen atoms in total. The van der Waals surface area contributed by atoms with Crippen LogP contribution in [-0.4, -0.2) is 16.2 Å². The quantitative estimate of drug-likeness (QED) is 0.644. The van der Waals surface area contributed by atoms with Crippen LogP contribution >= 0.6 is 0 Å². The van der Waals surface area contributed by atoms with Crippen LogP contribution in [0.4, 0.5) is 15.0 Å². The van der Waals surface area contributed by atoms with E-state index in [1.807, 2.05) is 5.32 Å². The molecule has 1 aromatic heterocycles. The van der Waals surface area contributed by atoms with Gasteiger partial charge in [0.1, 0.15) is 11.6 Å². The number of anilines is 1. The molecule has 0 spiro atoms. The van der Waals surface area contributed by atoms with Gasteiger partial charge in [-0.15, -0.1) is 0 Å². The summed E-state index contributed by atoms with van der Waals surface area (Å²) in [5, 5.41) is 10.2. The lowest BCUT2D eigenvalue weighted by molar-refractivity contribution is 0.209. The van der Waals surface area contributed by atoms with E-state index in [1.165, 1.54) is 6.07 Å². The van der Waals surface area contributed by atoms with Crippen molar-refractivity contribution in [3.8, 4) is 0 Å². The maximum atomic E-state index is 12.2. The Labute approximate surface area is 61.7 Å². The van der Waals surface area contributed by atoms with Gasteiger partial charge in [-0.2, -0.15) is 0 Å². The van der Waals surface area contributed by atoms with Gasteiger partial charge in [-0.1, -0.05) is 0 Å². The second kappa shape index (κ2) is 2.96. The summed E-state index contributed by atoms with van der Waals surface area (Å²) < 4.78 is 12.2. The average Bonchev–Trinajstić information content (AvgIpc) is 1.93. The molecule has 0 aromatic carbocycles. The highest BCUT2D eigenvalue weighted by atomic mass is 19.1. The Bertz CT molecular complexity index is 260. The molecule has 0 atom stereocenters. The van der Waals surface area contributed by atoms with E-state index in [9.17, 15) is 9.18 Å². The summed E-state index contributed by atoms with van der Waals surface area (Å²) >= 11 is 0. The Morgan fingerprint density at radius 1 is 1.64 bits per heavy atom. The number of pyridine rings is 1. The van der Waals surface area contributed by atoms with Crippen molar-refractivity contribution in [2.24, 2.45) is 0 Å². The third-order valence-electron chi connectivity index (χ3n) is 0.962. The number of nitrogens with zero attached hydrogens (tertiary/aromatic N) is 1. The van der Waals surface area contributed by atoms with Gasteiger partial charge in [-0.05, 0) is 12.1 Å². The van der Waals surface area contributed by atoms with Gasteiger partial charge < -0.3 is 5.11 Å². The zero-order chi connectivity index (χ0) is 8.27. The van der Waals surface area contributed by atoms with Gasteiger partial charge in [0.2, 0.25) is 0 Å². The maximum absolute atomic E-state index is 12.2. The predicted molar refractivity (Wildman–Crippen MR) is 35.8 cm³/mol. The lowest BCUT2D eigenvalue weighted by Crippen LogP contribution is -2.08. The molecular weight excluding hydrogens is 151 g/mol. The molecular formula is C6H5FN2O2. The second-order valence-corrected chi connectivity index (χ2v) is 1.79. The number of nitrogens with one attached hydrogen (secondary N) is 1. The SMILES string of the molecule is O=C(O)Nc1ccc(F)cn1. The van der Waals surface area contributed by atoms with Crippen LogP contribution in [-0.2, 0) is 0 Å². The van der Waals surface area contributed by atoms with Crippen LogP contribution < -0.4 is 5.32 Å². The molecule has 11 heavy (non-hydrogen) atoms. The van der Waals surface area contributed by atoms with Crippen molar-refractivity contribution in [3.63, 3.8) is 0 Å². The monoisotopic (exact) mass is 156 g/mol. The normalized spacial score (nSPS) is 9.18. The van der Waals surface area contributed by atoms with Crippen molar-refractivity contribution in [2.75, 3.05) is 5.32 Å². The Hall–Kier alpha value is -1.65. The number of rotatable bonds is 1. The zero-order valence-electron chi connectivity index (χ0n) is 5.41. The summed E-state index contributed by atoms with van der Waals surface area (Å²) in [5.74, 6) is -0.389. The van der Waals surface area contributed by atoms with Crippen LogP contribution in [0.1, 0.15) is 0 Å². The van der Waals surface area contributed by atoms with Gasteiger partial charge in [0.25, 0.3) is 0 Å². The molecule has 1 amide bonds. The van der Waals surface area contributed by atoms with Crippen LogP contribution in [0.25, 0.3) is 0 Å². The topological polar surface area (TPSA) is 62.2 Å². The predicted octanol–water partition coefficient (Wildman–Crippen LogP) is 1.31. The smallest absolute Gasteiger partial charge is 0.410 e. The first-order chi connectivity index (χ1) is 5.18. The molecule has 2 N–H and O–H groups in total. The maximum Gasteiger partial charge on any atom is 0.410 e. The summed E-state index contributed by atoms with van der Waals surface area (Å²) in [6.07, 6.45) is -0.283. The Kier molecular flexibility index (Phi) is 2.00. The van der Waals surface area contributed by atoms with Crippen molar-refractivity contribution < 1.29 is 14.3 Å². The minimum Gasteiger partial charge on any atom is -0.465 e. The molecule has 0 fully saturated rings. The fourth-order valence-corrected chi connectivity index (χ4v) is 0.559. The molecule has 1 rings (SSSR count). The van der Waals surface area contributed by atoms with Gasteiger partial charge in [0, 0.05) is 0 Å². The van der Waals surface area contributed by atoms with E-state index < -0.39 is 11.9 Å². The molecule has 0 unspecified atom stereocenters. The van der Waals surface area contributed by atoms with E-state index in [2.05, 4.69) is 4.98 Å². The van der Waals surface area contributed by atoms with Gasteiger partial charge in [0.15, 0.2) is 0 Å². The number of aromatic nitrogens is 1. The minimum atomic E-state index is -1.22. The molecule has 0 bridgehead atoms. The molecule has 0 saturated carbocycles. The molecule has 1 aromatic rings. The fraction of sp³-hybridized carbons (Fsp3) is 0. The molecule has 1 heterocycles. The highest BCUT2D eigenvalue weighted by Gasteiger charge is 1.97. The van der Waals surface area contributed by atoms with Crippen molar-refractivity contribution in [1.82, 2.24) is 4.98 Å². The Morgan fingerprint density at radius 3 is 2.82 bits per heavy atom. The summed E-state index contributed by atoms with van der Waals surface area (Å²) in [4.78, 5) is 13.5. The van der Waals surface area contributed by atoms with Crippen molar-refractivity contribution in [3.05, 3.63) is 24.1 Å². The zero-order valence-corrected chi connectivity index (χ0v) is 5.41. The molecule has 5 heteroatoms. The first-order valence-corrected chi connectivity index (χ1v) is 2.80. The highest BCUT2D eigenvalue weighted by molar-refractivity contribution is 5.81. The standard InChI is InChI=1S/C6H5FN2O2/c7-4-1-2-5(8-3-4)9-6(10)11/h1-3H,(H,8,9)(H,10,11). The summed E-state index contributed by atoms with van der Waals surface area (Å²) in [6.45, 7) is 0. The molecule has 58 valence electrons. The van der Waals surface area contributed by atoms with E-state index >= 15 is 0 Å². The number of carboxylic acid groups (broad SMARTS) is 1. The number of carbonyl (C=O) groups is 1. The largest absolute Gasteiger partial charge is 0.465 e. The highest BCUT2D eigenvalue weighted by Crippen LogP contribution is 2.02. The first-order valence-electron chi connectivity index (χ1n) is 2.80. The molecule has 0 aliphatic rings. The number of hydrogen-bond acceptors (Lipinski definition) is 2. The van der Waals surface area contributed by atoms with Gasteiger partial charge in [-0.25, -0.2) is 14.2 Å². The summed E-state index contributed by atoms with van der Waals surface area (Å²) in [7, 11) is 0. The molecule has 0 aliphatic carbocycles. The third-order valence-corrected chi connectivity index (χ3v) is 0.962. The third kappa shape index (κ3) is 2.21. The van der Waals surface area contributed by atoms with Crippen molar-refractivity contribution in [2.45, 2.75) is 0 Å². The Balaban J connectivity index is 2.74. The first kappa shape index (κ1) is 7.46. The molecule has 0 radical (unpaired) electrons. The van der Waals surface area contributed by atoms with Crippen molar-refractivity contribution in [1.29, 1.82) is 0 Å². The van der Waals surface area contributed by atoms with Gasteiger partial charge in [-0.3, -0.25) is 5.32 Å². The lowest BCUT2D eigenvalue weighted by Gasteiger charge is -1.96. The Morgan fingerprint density at radius 2 is 2.36 bits per heavy atom. The number of halogens is 1. The second-order valence-electron chi connectivity index (χ2n) is 1.79. The van der Waals surface area contributed by atoms with Crippen LogP contribution in [0.3, 0.4) is 0 Å². The lowest BCUT2D eigenvalue weighted by atomic mass is 10.4. The minimum absolute atomic E-state index is 0.110. The van der Waals surface area contributed by atoms with E-state index in [0.717, 1.165) is 12.3 Å². The fourth-order valence-electron chi connectivity index (χ4n) is 0.559. The van der Waals surface area contributed by atoms with E-state index in [1.54, 1.807) is 0 Å². The van der Waals surface area contributed by atoms with Crippen LogP contribution in [0, 0.1) is 5.82 Å². The van der Waals surface area contributed by atoms with Gasteiger partial charge in [0.05, 0.1) is 6.20 Å². The van der Waals surface area contributed by atoms with E-state index in [-0.39, 0.29) is 5.82 Å². The van der Waals surface area contributed by atoms with Crippen molar-refractivity contribution >= 4 is 11.9 Å². The molecule has 0 aliphatic heterocycles. The van der Waals surface area contributed by atoms with E-state index in [4.69, 9.17) is 5.11 Å².